The SMILES string of the molecule is CC(=O)[O-].CCCCC(CC)C[n+]1ccn(CC)c1. The summed E-state index contributed by atoms with van der Waals surface area (Å²) in [4.78, 5) is 8.89. The van der Waals surface area contributed by atoms with Crippen molar-refractivity contribution < 1.29 is 14.5 Å². The van der Waals surface area contributed by atoms with Crippen LogP contribution in [0.15, 0.2) is 18.7 Å². The molecule has 0 aliphatic carbocycles. The van der Waals surface area contributed by atoms with E-state index in [1.54, 1.807) is 0 Å². The van der Waals surface area contributed by atoms with Crippen LogP contribution >= 0.6 is 0 Å². The Morgan fingerprint density at radius 2 is 2.00 bits per heavy atom. The van der Waals surface area contributed by atoms with Gasteiger partial charge in [-0.1, -0.05) is 26.7 Å². The summed E-state index contributed by atoms with van der Waals surface area (Å²) in [6, 6.07) is 0. The molecule has 1 aromatic rings. The molecule has 1 unspecified atom stereocenters. The van der Waals surface area contributed by atoms with Crippen molar-refractivity contribution in [2.75, 3.05) is 0 Å². The third kappa shape index (κ3) is 9.28. The number of aliphatic carboxylic acids is 1. The maximum absolute atomic E-state index is 8.89. The second-order valence-corrected chi connectivity index (χ2v) is 4.85. The Balaban J connectivity index is 0.000000711. The number of carboxylic acid groups (broad SMARTS) is 1. The maximum Gasteiger partial charge on any atom is 0.243 e. The predicted octanol–water partition coefficient (Wildman–Crippen LogP) is 1.77. The number of carboxylic acids is 1. The van der Waals surface area contributed by atoms with Crippen LogP contribution in [0.5, 0.6) is 0 Å². The third-order valence-electron chi connectivity index (χ3n) is 3.12. The number of unbranched alkanes of at least 4 members (excludes halogenated alkanes) is 1. The van der Waals surface area contributed by atoms with Crippen LogP contribution in [-0.4, -0.2) is 10.5 Å². The van der Waals surface area contributed by atoms with E-state index in [-0.39, 0.29) is 0 Å². The standard InChI is InChI=1S/C13H25N2.C2H4O2/c1-4-7-8-13(5-2)11-15-10-9-14(6-3)12-15;1-2(3)4/h9-10,12-13H,4-8,11H2,1-3H3;1H3,(H,3,4)/q+1;/p-1. The minimum atomic E-state index is -1.08. The molecule has 0 bridgehead atoms. The zero-order chi connectivity index (χ0) is 14.7. The summed E-state index contributed by atoms with van der Waals surface area (Å²) in [5.74, 6) is -0.234. The topological polar surface area (TPSA) is 48.9 Å². The minimum Gasteiger partial charge on any atom is -0.550 e. The lowest BCUT2D eigenvalue weighted by Gasteiger charge is -2.11. The van der Waals surface area contributed by atoms with E-state index in [1.807, 2.05) is 0 Å². The van der Waals surface area contributed by atoms with Crippen molar-refractivity contribution in [1.82, 2.24) is 4.57 Å². The van der Waals surface area contributed by atoms with Crippen molar-refractivity contribution >= 4 is 5.97 Å². The molecule has 1 atom stereocenters. The number of hydrogen-bond acceptors (Lipinski definition) is 2. The van der Waals surface area contributed by atoms with Gasteiger partial charge in [0.25, 0.3) is 0 Å². The van der Waals surface area contributed by atoms with Crippen molar-refractivity contribution in [3.63, 3.8) is 0 Å². The molecule has 1 heterocycles. The molecule has 4 heteroatoms. The highest BCUT2D eigenvalue weighted by atomic mass is 16.4. The first-order valence-electron chi connectivity index (χ1n) is 7.25. The smallest absolute Gasteiger partial charge is 0.243 e. The van der Waals surface area contributed by atoms with Crippen LogP contribution in [0.3, 0.4) is 0 Å². The highest BCUT2D eigenvalue weighted by molar-refractivity contribution is 5.60. The van der Waals surface area contributed by atoms with Crippen LogP contribution < -0.4 is 9.67 Å². The summed E-state index contributed by atoms with van der Waals surface area (Å²) in [7, 11) is 0. The molecule has 4 nitrogen and oxygen atoms in total. The molecular formula is C15H28N2O2. The van der Waals surface area contributed by atoms with Gasteiger partial charge in [-0.2, -0.15) is 0 Å². The number of aryl methyl sites for hydroxylation is 1. The quantitative estimate of drug-likeness (QED) is 0.708. The molecule has 0 N–H and O–H groups in total. The van der Waals surface area contributed by atoms with Gasteiger partial charge in [0.15, 0.2) is 0 Å². The van der Waals surface area contributed by atoms with E-state index in [1.165, 1.54) is 32.2 Å². The van der Waals surface area contributed by atoms with Crippen LogP contribution in [0.2, 0.25) is 0 Å². The normalized spacial score (nSPS) is 11.6. The lowest BCUT2D eigenvalue weighted by atomic mass is 9.99. The number of rotatable bonds is 7. The van der Waals surface area contributed by atoms with Gasteiger partial charge in [-0.3, -0.25) is 0 Å². The fourth-order valence-electron chi connectivity index (χ4n) is 1.95. The second kappa shape index (κ2) is 10.6. The number of hydrogen-bond donors (Lipinski definition) is 0. The fraction of sp³-hybridized carbons (Fsp3) is 0.733. The van der Waals surface area contributed by atoms with E-state index in [0.717, 1.165) is 19.4 Å². The molecule has 0 amide bonds. The molecule has 19 heavy (non-hydrogen) atoms. The first-order chi connectivity index (χ1) is 9.03. The van der Waals surface area contributed by atoms with Gasteiger partial charge < -0.3 is 9.90 Å². The van der Waals surface area contributed by atoms with Gasteiger partial charge in [-0.05, 0) is 32.6 Å². The van der Waals surface area contributed by atoms with Crippen LogP contribution in [-0.2, 0) is 17.9 Å². The van der Waals surface area contributed by atoms with Crippen molar-refractivity contribution in [2.24, 2.45) is 5.92 Å². The number of aromatic nitrogens is 2. The Hall–Kier alpha value is -1.32. The van der Waals surface area contributed by atoms with Crippen LogP contribution in [0.4, 0.5) is 0 Å². The molecule has 1 aromatic heterocycles. The van der Waals surface area contributed by atoms with Crippen LogP contribution in [0, 0.1) is 5.92 Å². The molecule has 0 aliphatic heterocycles. The van der Waals surface area contributed by atoms with Gasteiger partial charge >= 0.3 is 0 Å². The lowest BCUT2D eigenvalue weighted by Crippen LogP contribution is -2.35. The first-order valence-corrected chi connectivity index (χ1v) is 7.25. The third-order valence-corrected chi connectivity index (χ3v) is 3.12. The van der Waals surface area contributed by atoms with Gasteiger partial charge in [0.2, 0.25) is 6.33 Å². The van der Waals surface area contributed by atoms with Crippen molar-refractivity contribution in [2.45, 2.75) is 66.5 Å². The molecule has 110 valence electrons. The Morgan fingerprint density at radius 3 is 2.42 bits per heavy atom. The van der Waals surface area contributed by atoms with Gasteiger partial charge in [0, 0.05) is 5.97 Å². The Labute approximate surface area is 117 Å². The highest BCUT2D eigenvalue weighted by Crippen LogP contribution is 2.12. The molecule has 1 rings (SSSR count). The zero-order valence-electron chi connectivity index (χ0n) is 12.8. The Bertz CT molecular complexity index is 344. The van der Waals surface area contributed by atoms with E-state index in [4.69, 9.17) is 9.90 Å². The summed E-state index contributed by atoms with van der Waals surface area (Å²) in [5, 5.41) is 8.89. The molecule has 0 spiro atoms. The van der Waals surface area contributed by atoms with Crippen molar-refractivity contribution in [1.29, 1.82) is 0 Å². The second-order valence-electron chi connectivity index (χ2n) is 4.85. The van der Waals surface area contributed by atoms with Gasteiger partial charge in [0.1, 0.15) is 12.4 Å². The van der Waals surface area contributed by atoms with Gasteiger partial charge in [0.05, 0.1) is 13.1 Å². The monoisotopic (exact) mass is 268 g/mol. The lowest BCUT2D eigenvalue weighted by molar-refractivity contribution is -0.703. The zero-order valence-corrected chi connectivity index (χ0v) is 12.8. The Kier molecular flexibility index (Phi) is 9.85. The van der Waals surface area contributed by atoms with Crippen LogP contribution in [0.25, 0.3) is 0 Å². The number of imidazole rings is 1. The summed E-state index contributed by atoms with van der Waals surface area (Å²) < 4.78 is 4.56. The summed E-state index contributed by atoms with van der Waals surface area (Å²) in [5.41, 5.74) is 0. The molecule has 0 saturated heterocycles. The average Bonchev–Trinajstić information content (AvgIpc) is 2.81. The number of carbonyl (C=O) groups excluding carboxylic acids is 1. The highest BCUT2D eigenvalue weighted by Gasteiger charge is 2.10. The molecule has 0 aromatic carbocycles. The molecular weight excluding hydrogens is 240 g/mol. The number of carbonyl (C=O) groups is 1. The van der Waals surface area contributed by atoms with E-state index in [0.29, 0.717) is 0 Å². The predicted molar refractivity (Wildman–Crippen MR) is 74.3 cm³/mol. The average molecular weight is 268 g/mol. The molecule has 0 aliphatic rings. The van der Waals surface area contributed by atoms with E-state index in [9.17, 15) is 0 Å². The summed E-state index contributed by atoms with van der Waals surface area (Å²) >= 11 is 0. The summed E-state index contributed by atoms with van der Waals surface area (Å²) in [6.07, 6.45) is 11.9. The van der Waals surface area contributed by atoms with Gasteiger partial charge in [-0.25, -0.2) is 9.13 Å². The molecule has 0 radical (unpaired) electrons. The number of nitrogens with zero attached hydrogens (tertiary/aromatic N) is 2. The van der Waals surface area contributed by atoms with Crippen LogP contribution in [0.1, 0.15) is 53.4 Å². The van der Waals surface area contributed by atoms with Crippen molar-refractivity contribution in [3.05, 3.63) is 18.7 Å². The van der Waals surface area contributed by atoms with E-state index in [2.05, 4.69) is 48.6 Å². The van der Waals surface area contributed by atoms with E-state index < -0.39 is 5.97 Å². The molecule has 0 fully saturated rings. The Morgan fingerprint density at radius 1 is 1.37 bits per heavy atom. The summed E-state index contributed by atoms with van der Waals surface area (Å²) in [6.45, 7) is 9.98. The van der Waals surface area contributed by atoms with Crippen molar-refractivity contribution in [3.8, 4) is 0 Å². The molecule has 0 saturated carbocycles. The fourth-order valence-corrected chi connectivity index (χ4v) is 1.95. The largest absolute Gasteiger partial charge is 0.550 e. The maximum atomic E-state index is 8.89. The van der Waals surface area contributed by atoms with E-state index >= 15 is 0 Å². The minimum absolute atomic E-state index is 0.850. The first kappa shape index (κ1) is 17.7. The van der Waals surface area contributed by atoms with Gasteiger partial charge in [-0.15, -0.1) is 0 Å².